The van der Waals surface area contributed by atoms with E-state index in [-0.39, 0.29) is 17.2 Å². The second kappa shape index (κ2) is 6.57. The maximum Gasteiger partial charge on any atom is 0.270 e. The van der Waals surface area contributed by atoms with Gasteiger partial charge in [-0.05, 0) is 37.1 Å². The first-order chi connectivity index (χ1) is 11.5. The first-order valence-electron chi connectivity index (χ1n) is 7.50. The summed E-state index contributed by atoms with van der Waals surface area (Å²) < 4.78 is 2.30. The Bertz CT molecular complexity index is 981. The van der Waals surface area contributed by atoms with Crippen LogP contribution in [0.4, 0.5) is 0 Å². The van der Waals surface area contributed by atoms with Gasteiger partial charge >= 0.3 is 0 Å². The highest BCUT2D eigenvalue weighted by Crippen LogP contribution is 2.22. The Morgan fingerprint density at radius 2 is 2.00 bits per heavy atom. The Labute approximate surface area is 147 Å². The number of halogens is 1. The number of carbonyl (C=O) groups is 1. The van der Waals surface area contributed by atoms with Gasteiger partial charge in [-0.15, -0.1) is 0 Å². The first-order valence-corrected chi connectivity index (χ1v) is 8.30. The molecule has 1 atom stereocenters. The predicted octanol–water partition coefficient (Wildman–Crippen LogP) is 3.26. The zero-order valence-corrected chi connectivity index (χ0v) is 14.9. The molecule has 1 aromatic carbocycles. The molecule has 2 aromatic heterocycles. The molecule has 1 unspecified atom stereocenters. The number of nitrogens with zero attached hydrogens (tertiary/aromatic N) is 2. The van der Waals surface area contributed by atoms with Crippen molar-refractivity contribution in [2.75, 3.05) is 0 Å². The average Bonchev–Trinajstić information content (AvgIpc) is 2.56. The number of hydrogen-bond acceptors (Lipinski definition) is 3. The number of aromatic nitrogens is 2. The molecule has 0 aliphatic carbocycles. The van der Waals surface area contributed by atoms with Crippen LogP contribution in [0.25, 0.3) is 5.65 Å². The van der Waals surface area contributed by atoms with Crippen LogP contribution in [0, 0.1) is 6.92 Å². The van der Waals surface area contributed by atoms with Crippen LogP contribution in [0.2, 0.25) is 0 Å². The van der Waals surface area contributed by atoms with E-state index < -0.39 is 5.91 Å². The summed E-state index contributed by atoms with van der Waals surface area (Å²) in [6, 6.07) is 11.0. The third kappa shape index (κ3) is 3.10. The lowest BCUT2D eigenvalue weighted by molar-refractivity contribution is 0.0937. The lowest BCUT2D eigenvalue weighted by Crippen LogP contribution is -2.33. The van der Waals surface area contributed by atoms with Gasteiger partial charge in [0.2, 0.25) is 0 Å². The predicted molar refractivity (Wildman–Crippen MR) is 96.2 cm³/mol. The van der Waals surface area contributed by atoms with Crippen molar-refractivity contribution >= 4 is 27.5 Å². The van der Waals surface area contributed by atoms with Crippen LogP contribution in [0.1, 0.15) is 34.5 Å². The molecule has 6 heteroatoms. The van der Waals surface area contributed by atoms with Gasteiger partial charge < -0.3 is 5.32 Å². The zero-order chi connectivity index (χ0) is 17.3. The smallest absolute Gasteiger partial charge is 0.270 e. The molecule has 3 rings (SSSR count). The fourth-order valence-electron chi connectivity index (χ4n) is 2.52. The molecule has 24 heavy (non-hydrogen) atoms. The van der Waals surface area contributed by atoms with Crippen molar-refractivity contribution in [1.82, 2.24) is 14.7 Å². The van der Waals surface area contributed by atoms with Crippen molar-refractivity contribution in [1.29, 1.82) is 0 Å². The zero-order valence-electron chi connectivity index (χ0n) is 13.3. The molecule has 3 aromatic rings. The Morgan fingerprint density at radius 1 is 1.25 bits per heavy atom. The number of rotatable bonds is 3. The number of hydrogen-bond donors (Lipinski definition) is 1. The molecule has 0 saturated heterocycles. The van der Waals surface area contributed by atoms with Gasteiger partial charge in [-0.2, -0.15) is 0 Å². The summed E-state index contributed by atoms with van der Waals surface area (Å²) in [5, 5.41) is 2.85. The van der Waals surface area contributed by atoms with Gasteiger partial charge in [0.15, 0.2) is 0 Å². The van der Waals surface area contributed by atoms with Crippen molar-refractivity contribution in [3.05, 3.63) is 80.3 Å². The highest BCUT2D eigenvalue weighted by atomic mass is 79.9. The van der Waals surface area contributed by atoms with Crippen LogP contribution >= 0.6 is 15.9 Å². The van der Waals surface area contributed by atoms with Crippen molar-refractivity contribution in [2.24, 2.45) is 0 Å². The van der Waals surface area contributed by atoms with Crippen LogP contribution < -0.4 is 10.9 Å². The topological polar surface area (TPSA) is 63.5 Å². The fourth-order valence-corrected chi connectivity index (χ4v) is 3.14. The molecule has 1 amide bonds. The van der Waals surface area contributed by atoms with Crippen LogP contribution in [-0.2, 0) is 0 Å². The second-order valence-corrected chi connectivity index (χ2v) is 6.48. The van der Waals surface area contributed by atoms with Gasteiger partial charge in [0.1, 0.15) is 11.2 Å². The monoisotopic (exact) mass is 385 g/mol. The number of nitrogens with one attached hydrogen (secondary N) is 1. The molecule has 0 aliphatic rings. The number of fused-ring (bicyclic) bond motifs is 1. The maximum atomic E-state index is 12.6. The van der Waals surface area contributed by atoms with E-state index in [1.165, 1.54) is 10.6 Å². The van der Waals surface area contributed by atoms with Crippen LogP contribution in [0.3, 0.4) is 0 Å². The highest BCUT2D eigenvalue weighted by Gasteiger charge is 2.17. The molecule has 5 nitrogen and oxygen atoms in total. The third-order valence-electron chi connectivity index (χ3n) is 3.81. The number of benzene rings is 1. The minimum atomic E-state index is -0.438. The van der Waals surface area contributed by atoms with Crippen molar-refractivity contribution in [3.63, 3.8) is 0 Å². The fraction of sp³-hybridized carbons (Fsp3) is 0.167. The van der Waals surface area contributed by atoms with Crippen molar-refractivity contribution < 1.29 is 4.79 Å². The summed E-state index contributed by atoms with van der Waals surface area (Å²) >= 11 is 3.47. The van der Waals surface area contributed by atoms with Gasteiger partial charge in [0, 0.05) is 16.9 Å². The maximum absolute atomic E-state index is 12.6. The van der Waals surface area contributed by atoms with Gasteiger partial charge in [0.25, 0.3) is 11.5 Å². The third-order valence-corrected chi connectivity index (χ3v) is 4.54. The quantitative estimate of drug-likeness (QED) is 0.752. The molecule has 2 heterocycles. The summed E-state index contributed by atoms with van der Waals surface area (Å²) in [6.45, 7) is 3.75. The number of pyridine rings is 1. The normalized spacial score (nSPS) is 12.1. The second-order valence-electron chi connectivity index (χ2n) is 5.63. The van der Waals surface area contributed by atoms with E-state index in [1.54, 1.807) is 12.3 Å². The Morgan fingerprint density at radius 3 is 2.75 bits per heavy atom. The minimum absolute atomic E-state index is 0.0250. The molecule has 0 fully saturated rings. The SMILES string of the molecule is Cc1ccc2ncc(C(=O)NC(C)c3ccccc3Br)c(=O)n2c1. The Hall–Kier alpha value is -2.47. The lowest BCUT2D eigenvalue weighted by Gasteiger charge is -2.15. The molecule has 0 saturated carbocycles. The van der Waals surface area contributed by atoms with Crippen LogP contribution in [0.5, 0.6) is 0 Å². The molecule has 0 spiro atoms. The van der Waals surface area contributed by atoms with Gasteiger partial charge in [-0.1, -0.05) is 40.2 Å². The molecule has 0 radical (unpaired) electrons. The number of amides is 1. The van der Waals surface area contributed by atoms with Crippen LogP contribution in [-0.4, -0.2) is 15.3 Å². The van der Waals surface area contributed by atoms with Gasteiger partial charge in [0.05, 0.1) is 6.04 Å². The van der Waals surface area contributed by atoms with E-state index in [0.717, 1.165) is 15.6 Å². The number of aryl methyl sites for hydroxylation is 1. The summed E-state index contributed by atoms with van der Waals surface area (Å²) in [7, 11) is 0. The summed E-state index contributed by atoms with van der Waals surface area (Å²) in [5.41, 5.74) is 2.03. The molecule has 0 aliphatic heterocycles. The average molecular weight is 386 g/mol. The Balaban J connectivity index is 1.93. The molecular weight excluding hydrogens is 370 g/mol. The van der Waals surface area contributed by atoms with Crippen molar-refractivity contribution in [2.45, 2.75) is 19.9 Å². The van der Waals surface area contributed by atoms with Gasteiger partial charge in [-0.25, -0.2) is 4.98 Å². The highest BCUT2D eigenvalue weighted by molar-refractivity contribution is 9.10. The largest absolute Gasteiger partial charge is 0.345 e. The lowest BCUT2D eigenvalue weighted by atomic mass is 10.1. The minimum Gasteiger partial charge on any atom is -0.345 e. The van der Waals surface area contributed by atoms with Crippen LogP contribution in [0.15, 0.2) is 58.1 Å². The molecule has 0 bridgehead atoms. The van der Waals surface area contributed by atoms with E-state index in [1.807, 2.05) is 44.2 Å². The van der Waals surface area contributed by atoms with E-state index in [4.69, 9.17) is 0 Å². The Kier molecular flexibility index (Phi) is 4.49. The van der Waals surface area contributed by atoms with Crippen molar-refractivity contribution in [3.8, 4) is 0 Å². The first kappa shape index (κ1) is 16.4. The molecular formula is C18H16BrN3O2. The standard InChI is InChI=1S/C18H16BrN3O2/c1-11-7-8-16-20-9-14(18(24)22(16)10-11)17(23)21-12(2)13-5-3-4-6-15(13)19/h3-10,12H,1-2H3,(H,21,23). The van der Waals surface area contributed by atoms with E-state index in [0.29, 0.717) is 5.65 Å². The van der Waals surface area contributed by atoms with E-state index >= 15 is 0 Å². The van der Waals surface area contributed by atoms with Gasteiger partial charge in [-0.3, -0.25) is 14.0 Å². The summed E-state index contributed by atoms with van der Waals surface area (Å²) in [4.78, 5) is 29.3. The number of carbonyl (C=O) groups excluding carboxylic acids is 1. The van der Waals surface area contributed by atoms with E-state index in [2.05, 4.69) is 26.2 Å². The summed E-state index contributed by atoms with van der Waals surface area (Å²) in [6.07, 6.45) is 3.01. The molecule has 122 valence electrons. The summed E-state index contributed by atoms with van der Waals surface area (Å²) in [5.74, 6) is -0.438. The molecule has 1 N–H and O–H groups in total. The van der Waals surface area contributed by atoms with E-state index in [9.17, 15) is 9.59 Å².